The number of sulfone groups is 2. The second-order valence-corrected chi connectivity index (χ2v) is 9.58. The molecule has 0 amide bonds. The van der Waals surface area contributed by atoms with Gasteiger partial charge in [-0.15, -0.1) is 0 Å². The minimum Gasteiger partial charge on any atom is -0.224 e. The zero-order valence-electron chi connectivity index (χ0n) is 10.3. The molecule has 1 aromatic carbocycles. The van der Waals surface area contributed by atoms with E-state index in [9.17, 15) is 16.8 Å². The van der Waals surface area contributed by atoms with E-state index in [0.717, 1.165) is 6.26 Å². The molecule has 17 heavy (non-hydrogen) atoms. The molecule has 1 rings (SSSR count). The lowest BCUT2D eigenvalue weighted by Gasteiger charge is -2.19. The third-order valence-electron chi connectivity index (χ3n) is 2.37. The molecule has 0 aromatic heterocycles. The van der Waals surface area contributed by atoms with E-state index >= 15 is 0 Å². The average molecular weight is 276 g/mol. The van der Waals surface area contributed by atoms with Gasteiger partial charge in [-0.2, -0.15) is 0 Å². The van der Waals surface area contributed by atoms with Crippen molar-refractivity contribution in [3.05, 3.63) is 24.3 Å². The number of hydrogen-bond donors (Lipinski definition) is 0. The Kier molecular flexibility index (Phi) is 3.42. The first-order valence-electron chi connectivity index (χ1n) is 5.01. The van der Waals surface area contributed by atoms with Gasteiger partial charge in [0.25, 0.3) is 0 Å². The van der Waals surface area contributed by atoms with Crippen LogP contribution in [-0.2, 0) is 19.7 Å². The van der Waals surface area contributed by atoms with Crippen LogP contribution >= 0.6 is 0 Å². The Balaban J connectivity index is 3.31. The van der Waals surface area contributed by atoms with Crippen LogP contribution in [-0.4, -0.2) is 27.8 Å². The highest BCUT2D eigenvalue weighted by Crippen LogP contribution is 2.25. The molecule has 6 heteroatoms. The normalized spacial score (nSPS) is 13.6. The molecule has 96 valence electrons. The van der Waals surface area contributed by atoms with E-state index in [0.29, 0.717) is 0 Å². The summed E-state index contributed by atoms with van der Waals surface area (Å²) in [6, 6.07) is 5.29. The molecule has 0 saturated heterocycles. The first-order chi connectivity index (χ1) is 7.46. The van der Waals surface area contributed by atoms with Gasteiger partial charge in [-0.25, -0.2) is 16.8 Å². The molecule has 0 aliphatic carbocycles. The van der Waals surface area contributed by atoms with E-state index in [4.69, 9.17) is 0 Å². The summed E-state index contributed by atoms with van der Waals surface area (Å²) in [5.74, 6) is 0. The highest BCUT2D eigenvalue weighted by molar-refractivity contribution is 7.92. The fourth-order valence-corrected chi connectivity index (χ4v) is 3.05. The van der Waals surface area contributed by atoms with E-state index in [1.54, 1.807) is 20.8 Å². The Morgan fingerprint density at radius 3 is 1.47 bits per heavy atom. The van der Waals surface area contributed by atoms with Crippen molar-refractivity contribution >= 4 is 19.7 Å². The minimum absolute atomic E-state index is 0.116. The van der Waals surface area contributed by atoms with Gasteiger partial charge in [0.2, 0.25) is 0 Å². The van der Waals surface area contributed by atoms with Gasteiger partial charge in [0.05, 0.1) is 14.5 Å². The average Bonchev–Trinajstić information content (AvgIpc) is 2.15. The fraction of sp³-hybridized carbons (Fsp3) is 0.455. The van der Waals surface area contributed by atoms with Crippen LogP contribution in [0, 0.1) is 0 Å². The Hall–Kier alpha value is -0.880. The summed E-state index contributed by atoms with van der Waals surface area (Å²) < 4.78 is 45.7. The van der Waals surface area contributed by atoms with Crippen molar-refractivity contribution in [3.63, 3.8) is 0 Å². The maximum atomic E-state index is 12.1. The van der Waals surface area contributed by atoms with Crippen LogP contribution in [0.1, 0.15) is 20.8 Å². The van der Waals surface area contributed by atoms with E-state index in [-0.39, 0.29) is 9.79 Å². The summed E-state index contributed by atoms with van der Waals surface area (Å²) >= 11 is 0. The van der Waals surface area contributed by atoms with Crippen molar-refractivity contribution in [1.82, 2.24) is 0 Å². The molecule has 0 spiro atoms. The quantitative estimate of drug-likeness (QED) is 0.824. The first kappa shape index (κ1) is 14.2. The number of benzene rings is 1. The van der Waals surface area contributed by atoms with Crippen LogP contribution in [0.5, 0.6) is 0 Å². The van der Waals surface area contributed by atoms with Gasteiger partial charge in [-0.05, 0) is 45.0 Å². The molecule has 0 saturated carbocycles. The van der Waals surface area contributed by atoms with Crippen LogP contribution in [0.25, 0.3) is 0 Å². The zero-order chi connectivity index (χ0) is 13.5. The monoisotopic (exact) mass is 276 g/mol. The van der Waals surface area contributed by atoms with Crippen molar-refractivity contribution in [2.24, 2.45) is 0 Å². The van der Waals surface area contributed by atoms with Crippen molar-refractivity contribution in [2.75, 3.05) is 6.26 Å². The molecule has 0 aliphatic rings. The summed E-state index contributed by atoms with van der Waals surface area (Å²) in [5.41, 5.74) is 0. The number of hydrogen-bond acceptors (Lipinski definition) is 4. The van der Waals surface area contributed by atoms with Crippen molar-refractivity contribution in [1.29, 1.82) is 0 Å². The summed E-state index contributed by atoms with van der Waals surface area (Å²) in [5, 5.41) is 0. The van der Waals surface area contributed by atoms with Gasteiger partial charge in [-0.3, -0.25) is 0 Å². The molecule has 0 aliphatic heterocycles. The smallest absolute Gasteiger partial charge is 0.183 e. The standard InChI is InChI=1S/C11H16O4S2/c1-11(2,3)17(14,15)10-7-5-9(6-8-10)16(4,12)13/h5-8H,1-4H3. The van der Waals surface area contributed by atoms with Crippen LogP contribution in [0.2, 0.25) is 0 Å². The predicted molar refractivity (Wildman–Crippen MR) is 66.5 cm³/mol. The van der Waals surface area contributed by atoms with Crippen LogP contribution < -0.4 is 0 Å². The molecule has 0 unspecified atom stereocenters. The zero-order valence-corrected chi connectivity index (χ0v) is 11.9. The molecule has 0 bridgehead atoms. The molecule has 0 N–H and O–H groups in total. The second-order valence-electron chi connectivity index (χ2n) is 4.86. The van der Waals surface area contributed by atoms with Crippen molar-refractivity contribution < 1.29 is 16.8 Å². The third kappa shape index (κ3) is 2.87. The lowest BCUT2D eigenvalue weighted by Crippen LogP contribution is -2.27. The van der Waals surface area contributed by atoms with Gasteiger partial charge >= 0.3 is 0 Å². The molecule has 4 nitrogen and oxygen atoms in total. The summed E-state index contributed by atoms with van der Waals surface area (Å²) in [4.78, 5) is 0.253. The highest BCUT2D eigenvalue weighted by atomic mass is 32.2. The Labute approximate surface area is 103 Å². The lowest BCUT2D eigenvalue weighted by molar-refractivity contribution is 0.560. The Bertz CT molecular complexity index is 602. The molecule has 0 atom stereocenters. The molecule has 0 fully saturated rings. The lowest BCUT2D eigenvalue weighted by atomic mass is 10.3. The number of rotatable bonds is 2. The van der Waals surface area contributed by atoms with Gasteiger partial charge in [0.15, 0.2) is 19.7 Å². The third-order valence-corrected chi connectivity index (χ3v) is 6.00. The maximum absolute atomic E-state index is 12.1. The predicted octanol–water partition coefficient (Wildman–Crippen LogP) is 1.66. The van der Waals surface area contributed by atoms with Gasteiger partial charge < -0.3 is 0 Å². The van der Waals surface area contributed by atoms with Gasteiger partial charge in [0.1, 0.15) is 0 Å². The van der Waals surface area contributed by atoms with E-state index in [2.05, 4.69) is 0 Å². The topological polar surface area (TPSA) is 68.3 Å². The summed E-state index contributed by atoms with van der Waals surface area (Å²) in [6.45, 7) is 4.81. The largest absolute Gasteiger partial charge is 0.224 e. The molecular formula is C11H16O4S2. The van der Waals surface area contributed by atoms with Crippen LogP contribution in [0.4, 0.5) is 0 Å². The van der Waals surface area contributed by atoms with Crippen LogP contribution in [0.15, 0.2) is 34.1 Å². The fourth-order valence-electron chi connectivity index (χ4n) is 1.22. The Morgan fingerprint density at radius 1 is 0.824 bits per heavy atom. The highest BCUT2D eigenvalue weighted by Gasteiger charge is 2.30. The van der Waals surface area contributed by atoms with E-state index in [1.165, 1.54) is 24.3 Å². The van der Waals surface area contributed by atoms with Gasteiger partial charge in [-0.1, -0.05) is 0 Å². The minimum atomic E-state index is -3.43. The molecule has 1 aromatic rings. The second kappa shape index (κ2) is 4.10. The van der Waals surface area contributed by atoms with E-state index < -0.39 is 24.4 Å². The SMILES string of the molecule is CC(C)(C)S(=O)(=O)c1ccc(S(C)(=O)=O)cc1. The van der Waals surface area contributed by atoms with Crippen molar-refractivity contribution in [2.45, 2.75) is 35.3 Å². The molecule has 0 radical (unpaired) electrons. The Morgan fingerprint density at radius 2 is 1.18 bits per heavy atom. The summed E-state index contributed by atoms with van der Waals surface area (Å²) in [6.07, 6.45) is 1.08. The van der Waals surface area contributed by atoms with E-state index in [1.807, 2.05) is 0 Å². The molecule has 0 heterocycles. The van der Waals surface area contributed by atoms with Crippen molar-refractivity contribution in [3.8, 4) is 0 Å². The maximum Gasteiger partial charge on any atom is 0.183 e. The van der Waals surface area contributed by atoms with Crippen LogP contribution in [0.3, 0.4) is 0 Å². The first-order valence-corrected chi connectivity index (χ1v) is 8.38. The van der Waals surface area contributed by atoms with Gasteiger partial charge in [0, 0.05) is 6.26 Å². The molecular weight excluding hydrogens is 260 g/mol. The summed E-state index contributed by atoms with van der Waals surface area (Å²) in [7, 11) is -6.73.